The summed E-state index contributed by atoms with van der Waals surface area (Å²) in [5, 5.41) is 9.33. The first-order chi connectivity index (χ1) is 9.01. The van der Waals surface area contributed by atoms with Gasteiger partial charge in [-0.05, 0) is 37.6 Å². The van der Waals surface area contributed by atoms with E-state index in [0.717, 1.165) is 5.56 Å². The zero-order valence-corrected chi connectivity index (χ0v) is 11.6. The highest BCUT2D eigenvalue weighted by atomic mass is 35.5. The second-order valence-electron chi connectivity index (χ2n) is 4.74. The van der Waals surface area contributed by atoms with Crippen molar-refractivity contribution < 1.29 is 9.53 Å². The van der Waals surface area contributed by atoms with Crippen LogP contribution in [0.25, 0.3) is 0 Å². The third kappa shape index (κ3) is 2.99. The SMILES string of the molecule is Cc1cc(Cl)ccc1OC(C)C(=O)N1CC(C#N)C1. The summed E-state index contributed by atoms with van der Waals surface area (Å²) in [4.78, 5) is 13.7. The molecule has 1 aliphatic heterocycles. The maximum atomic E-state index is 12.0. The molecular formula is C14H15ClN2O2. The van der Waals surface area contributed by atoms with Crippen LogP contribution in [0.1, 0.15) is 12.5 Å². The molecule has 1 heterocycles. The van der Waals surface area contributed by atoms with E-state index in [1.165, 1.54) is 0 Å². The normalized spacial score (nSPS) is 16.4. The number of aryl methyl sites for hydroxylation is 1. The number of halogens is 1. The van der Waals surface area contributed by atoms with Crippen LogP contribution in [0, 0.1) is 24.2 Å². The molecule has 0 saturated carbocycles. The van der Waals surface area contributed by atoms with E-state index in [0.29, 0.717) is 23.9 Å². The van der Waals surface area contributed by atoms with E-state index in [4.69, 9.17) is 21.6 Å². The van der Waals surface area contributed by atoms with Gasteiger partial charge in [-0.15, -0.1) is 0 Å². The minimum Gasteiger partial charge on any atom is -0.481 e. The van der Waals surface area contributed by atoms with Crippen molar-refractivity contribution in [3.05, 3.63) is 28.8 Å². The highest BCUT2D eigenvalue weighted by molar-refractivity contribution is 6.30. The fourth-order valence-corrected chi connectivity index (χ4v) is 2.21. The number of hydrogen-bond donors (Lipinski definition) is 0. The van der Waals surface area contributed by atoms with Gasteiger partial charge in [-0.1, -0.05) is 11.6 Å². The lowest BCUT2D eigenvalue weighted by atomic mass is 10.0. The fraction of sp³-hybridized carbons (Fsp3) is 0.429. The molecule has 0 aliphatic carbocycles. The fourth-order valence-electron chi connectivity index (χ4n) is 1.98. The Bertz CT molecular complexity index is 533. The van der Waals surface area contributed by atoms with Gasteiger partial charge < -0.3 is 9.64 Å². The number of likely N-dealkylation sites (tertiary alicyclic amines) is 1. The van der Waals surface area contributed by atoms with Crippen LogP contribution >= 0.6 is 11.6 Å². The van der Waals surface area contributed by atoms with Gasteiger partial charge in [-0.25, -0.2) is 0 Å². The summed E-state index contributed by atoms with van der Waals surface area (Å²) < 4.78 is 5.65. The lowest BCUT2D eigenvalue weighted by Crippen LogP contribution is -2.53. The molecule has 4 nitrogen and oxygen atoms in total. The molecule has 1 aromatic rings. The Labute approximate surface area is 117 Å². The zero-order chi connectivity index (χ0) is 14.0. The van der Waals surface area contributed by atoms with E-state index in [1.807, 2.05) is 6.92 Å². The third-order valence-corrected chi connectivity index (χ3v) is 3.40. The highest BCUT2D eigenvalue weighted by Crippen LogP contribution is 2.24. The standard InChI is InChI=1S/C14H15ClN2O2/c1-9-5-12(15)3-4-13(9)19-10(2)14(18)17-7-11(6-16)8-17/h3-5,10-11H,7-8H2,1-2H3. The number of carbonyl (C=O) groups excluding carboxylic acids is 1. The monoisotopic (exact) mass is 278 g/mol. The number of ether oxygens (including phenoxy) is 1. The largest absolute Gasteiger partial charge is 0.481 e. The van der Waals surface area contributed by atoms with Crippen LogP contribution in [0.5, 0.6) is 5.75 Å². The minimum absolute atomic E-state index is 0.0339. The van der Waals surface area contributed by atoms with Crippen LogP contribution in [0.2, 0.25) is 5.02 Å². The first kappa shape index (κ1) is 13.7. The maximum Gasteiger partial charge on any atom is 0.263 e. The van der Waals surface area contributed by atoms with Crippen molar-refractivity contribution in [2.45, 2.75) is 20.0 Å². The summed E-state index contributed by atoms with van der Waals surface area (Å²) in [7, 11) is 0. The molecule has 1 amide bonds. The van der Waals surface area contributed by atoms with E-state index < -0.39 is 6.10 Å². The summed E-state index contributed by atoms with van der Waals surface area (Å²) in [6.07, 6.45) is -0.556. The molecule has 1 aromatic carbocycles. The Hall–Kier alpha value is -1.73. The molecule has 0 N–H and O–H groups in total. The first-order valence-electron chi connectivity index (χ1n) is 6.12. The molecule has 1 saturated heterocycles. The Kier molecular flexibility index (Phi) is 3.96. The molecule has 0 bridgehead atoms. The Morgan fingerprint density at radius 3 is 2.84 bits per heavy atom. The predicted octanol–water partition coefficient (Wildman–Crippen LogP) is 2.40. The molecule has 5 heteroatoms. The number of carbonyl (C=O) groups is 1. The van der Waals surface area contributed by atoms with E-state index in [9.17, 15) is 4.79 Å². The van der Waals surface area contributed by atoms with Crippen molar-refractivity contribution >= 4 is 17.5 Å². The molecule has 1 atom stereocenters. The summed E-state index contributed by atoms with van der Waals surface area (Å²) in [6, 6.07) is 7.43. The summed E-state index contributed by atoms with van der Waals surface area (Å²) in [6.45, 7) is 4.61. The van der Waals surface area contributed by atoms with Gasteiger partial charge in [0.2, 0.25) is 0 Å². The van der Waals surface area contributed by atoms with E-state index in [-0.39, 0.29) is 11.8 Å². The third-order valence-electron chi connectivity index (χ3n) is 3.16. The molecule has 2 rings (SSSR count). The Morgan fingerprint density at radius 2 is 2.26 bits per heavy atom. The topological polar surface area (TPSA) is 53.3 Å². The average molecular weight is 279 g/mol. The van der Waals surface area contributed by atoms with Crippen molar-refractivity contribution in [3.63, 3.8) is 0 Å². The first-order valence-corrected chi connectivity index (χ1v) is 6.50. The second-order valence-corrected chi connectivity index (χ2v) is 5.18. The van der Waals surface area contributed by atoms with Crippen molar-refractivity contribution in [2.75, 3.05) is 13.1 Å². The number of amides is 1. The lowest BCUT2D eigenvalue weighted by molar-refractivity contribution is -0.143. The van der Waals surface area contributed by atoms with Gasteiger partial charge in [0.25, 0.3) is 5.91 Å². The summed E-state index contributed by atoms with van der Waals surface area (Å²) in [5.74, 6) is 0.539. The zero-order valence-electron chi connectivity index (χ0n) is 10.9. The molecule has 100 valence electrons. The second kappa shape index (κ2) is 5.50. The van der Waals surface area contributed by atoms with Crippen LogP contribution in [-0.4, -0.2) is 30.0 Å². The highest BCUT2D eigenvalue weighted by Gasteiger charge is 2.33. The van der Waals surface area contributed by atoms with E-state index in [2.05, 4.69) is 6.07 Å². The van der Waals surface area contributed by atoms with Crippen LogP contribution in [0.3, 0.4) is 0 Å². The molecule has 0 spiro atoms. The Morgan fingerprint density at radius 1 is 1.58 bits per heavy atom. The smallest absolute Gasteiger partial charge is 0.263 e. The van der Waals surface area contributed by atoms with Crippen molar-refractivity contribution in [1.82, 2.24) is 4.90 Å². The Balaban J connectivity index is 1.96. The lowest BCUT2D eigenvalue weighted by Gasteiger charge is -2.36. The van der Waals surface area contributed by atoms with Crippen molar-refractivity contribution in [1.29, 1.82) is 5.26 Å². The van der Waals surface area contributed by atoms with Crippen LogP contribution in [-0.2, 0) is 4.79 Å². The van der Waals surface area contributed by atoms with Gasteiger partial charge in [0.1, 0.15) is 5.75 Å². The molecule has 1 aliphatic rings. The predicted molar refractivity (Wildman–Crippen MR) is 72.0 cm³/mol. The number of rotatable bonds is 3. The van der Waals surface area contributed by atoms with Crippen LogP contribution < -0.4 is 4.74 Å². The molecule has 1 unspecified atom stereocenters. The number of nitriles is 1. The van der Waals surface area contributed by atoms with E-state index >= 15 is 0 Å². The van der Waals surface area contributed by atoms with Crippen LogP contribution in [0.4, 0.5) is 0 Å². The summed E-state index contributed by atoms with van der Waals surface area (Å²) in [5.41, 5.74) is 0.894. The van der Waals surface area contributed by atoms with Crippen molar-refractivity contribution in [2.24, 2.45) is 5.92 Å². The van der Waals surface area contributed by atoms with Crippen LogP contribution in [0.15, 0.2) is 18.2 Å². The van der Waals surface area contributed by atoms with Gasteiger partial charge in [0.05, 0.1) is 12.0 Å². The molecule has 19 heavy (non-hydrogen) atoms. The van der Waals surface area contributed by atoms with Gasteiger partial charge >= 0.3 is 0 Å². The average Bonchev–Trinajstić information content (AvgIpc) is 2.31. The molecule has 0 aromatic heterocycles. The number of benzene rings is 1. The minimum atomic E-state index is -0.556. The molecule has 0 radical (unpaired) electrons. The summed E-state index contributed by atoms with van der Waals surface area (Å²) >= 11 is 5.87. The quantitative estimate of drug-likeness (QED) is 0.853. The number of hydrogen-bond acceptors (Lipinski definition) is 3. The van der Waals surface area contributed by atoms with E-state index in [1.54, 1.807) is 30.0 Å². The van der Waals surface area contributed by atoms with Gasteiger partial charge in [-0.2, -0.15) is 5.26 Å². The maximum absolute atomic E-state index is 12.0. The van der Waals surface area contributed by atoms with Gasteiger partial charge in [-0.3, -0.25) is 4.79 Å². The molecular weight excluding hydrogens is 264 g/mol. The van der Waals surface area contributed by atoms with Gasteiger partial charge in [0, 0.05) is 18.1 Å². The molecule has 1 fully saturated rings. The number of nitrogens with zero attached hydrogens (tertiary/aromatic N) is 2. The van der Waals surface area contributed by atoms with Crippen molar-refractivity contribution in [3.8, 4) is 11.8 Å². The van der Waals surface area contributed by atoms with Gasteiger partial charge in [0.15, 0.2) is 6.10 Å².